The second-order valence-electron chi connectivity index (χ2n) is 5.42. The van der Waals surface area contributed by atoms with Gasteiger partial charge in [-0.15, -0.1) is 0 Å². The van der Waals surface area contributed by atoms with Crippen molar-refractivity contribution in [2.45, 2.75) is 25.7 Å². The van der Waals surface area contributed by atoms with E-state index in [4.69, 9.17) is 4.74 Å². The number of aromatic nitrogens is 1. The Balaban J connectivity index is 2.15. The van der Waals surface area contributed by atoms with Crippen molar-refractivity contribution in [3.8, 4) is 11.8 Å². The highest BCUT2D eigenvalue weighted by Gasteiger charge is 2.17. The number of methoxy groups -OCH3 is 1. The molecule has 0 amide bonds. The van der Waals surface area contributed by atoms with E-state index in [9.17, 15) is 5.26 Å². The predicted molar refractivity (Wildman–Crippen MR) is 83.7 cm³/mol. The number of ether oxygens (including phenoxy) is 1. The molecular formula is C17H19N3O. The Kier molecular flexibility index (Phi) is 3.92. The van der Waals surface area contributed by atoms with Crippen molar-refractivity contribution in [2.75, 3.05) is 25.1 Å². The zero-order chi connectivity index (χ0) is 14.7. The predicted octanol–water partition coefficient (Wildman–Crippen LogP) is 3.50. The van der Waals surface area contributed by atoms with E-state index in [2.05, 4.69) is 16.0 Å². The van der Waals surface area contributed by atoms with Crippen LogP contribution in [0.3, 0.4) is 0 Å². The Morgan fingerprint density at radius 2 is 1.95 bits per heavy atom. The molecule has 0 aliphatic carbocycles. The first-order valence-corrected chi connectivity index (χ1v) is 7.45. The molecule has 0 N–H and O–H groups in total. The first-order valence-electron chi connectivity index (χ1n) is 7.45. The Morgan fingerprint density at radius 1 is 1.19 bits per heavy atom. The fraction of sp³-hybridized carbons (Fsp3) is 0.412. The summed E-state index contributed by atoms with van der Waals surface area (Å²) in [6, 6.07) is 8.18. The van der Waals surface area contributed by atoms with Gasteiger partial charge in [-0.25, -0.2) is 0 Å². The van der Waals surface area contributed by atoms with E-state index in [0.29, 0.717) is 5.56 Å². The highest BCUT2D eigenvalue weighted by molar-refractivity contribution is 5.95. The number of nitriles is 1. The summed E-state index contributed by atoms with van der Waals surface area (Å²) in [5.41, 5.74) is 2.58. The van der Waals surface area contributed by atoms with Crippen molar-refractivity contribution in [3.05, 3.63) is 30.0 Å². The third-order valence-electron chi connectivity index (χ3n) is 4.09. The molecule has 2 aromatic rings. The fourth-order valence-corrected chi connectivity index (χ4v) is 3.00. The first-order chi connectivity index (χ1) is 10.3. The van der Waals surface area contributed by atoms with Crippen molar-refractivity contribution in [1.29, 1.82) is 5.26 Å². The summed E-state index contributed by atoms with van der Waals surface area (Å²) in [4.78, 5) is 6.76. The Hall–Kier alpha value is -2.28. The third kappa shape index (κ3) is 2.64. The molecule has 3 rings (SSSR count). The molecule has 2 heterocycles. The number of fused-ring (bicyclic) bond motifs is 1. The van der Waals surface area contributed by atoms with Gasteiger partial charge in [-0.3, -0.25) is 4.98 Å². The van der Waals surface area contributed by atoms with Crippen molar-refractivity contribution in [2.24, 2.45) is 0 Å². The number of anilines is 1. The van der Waals surface area contributed by atoms with Gasteiger partial charge in [0.1, 0.15) is 11.8 Å². The standard InChI is InChI=1S/C17H19N3O/c1-21-14-6-7-15-16(10-14)19-12-13(11-18)17(15)20-8-4-2-3-5-9-20/h6-7,10,12H,2-5,8-9H2,1H3. The second-order valence-corrected chi connectivity index (χ2v) is 5.42. The van der Waals surface area contributed by atoms with Crippen LogP contribution in [0.5, 0.6) is 5.75 Å². The molecule has 21 heavy (non-hydrogen) atoms. The summed E-state index contributed by atoms with van der Waals surface area (Å²) in [6.45, 7) is 2.03. The Morgan fingerprint density at radius 3 is 2.62 bits per heavy atom. The van der Waals surface area contributed by atoms with Gasteiger partial charge >= 0.3 is 0 Å². The van der Waals surface area contributed by atoms with Gasteiger partial charge in [-0.2, -0.15) is 5.26 Å². The van der Waals surface area contributed by atoms with Crippen molar-refractivity contribution >= 4 is 16.6 Å². The van der Waals surface area contributed by atoms with Gasteiger partial charge < -0.3 is 9.64 Å². The summed E-state index contributed by atoms with van der Waals surface area (Å²) >= 11 is 0. The lowest BCUT2D eigenvalue weighted by Gasteiger charge is -2.25. The van der Waals surface area contributed by atoms with Crippen LogP contribution in [-0.4, -0.2) is 25.2 Å². The van der Waals surface area contributed by atoms with Crippen LogP contribution in [0.25, 0.3) is 10.9 Å². The fourth-order valence-electron chi connectivity index (χ4n) is 3.00. The molecule has 0 bridgehead atoms. The van der Waals surface area contributed by atoms with Crippen LogP contribution in [0.1, 0.15) is 31.2 Å². The molecule has 1 aliphatic rings. The normalized spacial score (nSPS) is 15.5. The molecule has 0 atom stereocenters. The highest BCUT2D eigenvalue weighted by atomic mass is 16.5. The molecule has 0 saturated carbocycles. The second kappa shape index (κ2) is 6.01. The highest BCUT2D eigenvalue weighted by Crippen LogP contribution is 2.32. The van der Waals surface area contributed by atoms with Gasteiger partial charge in [0.05, 0.1) is 23.9 Å². The van der Waals surface area contributed by atoms with Gasteiger partial charge in [-0.05, 0) is 25.0 Å². The summed E-state index contributed by atoms with van der Waals surface area (Å²) < 4.78 is 5.27. The molecule has 4 nitrogen and oxygen atoms in total. The van der Waals surface area contributed by atoms with Crippen LogP contribution in [0.4, 0.5) is 5.69 Å². The average molecular weight is 281 g/mol. The quantitative estimate of drug-likeness (QED) is 0.845. The minimum Gasteiger partial charge on any atom is -0.497 e. The molecule has 1 aliphatic heterocycles. The van der Waals surface area contributed by atoms with Gasteiger partial charge in [0.25, 0.3) is 0 Å². The topological polar surface area (TPSA) is 49.1 Å². The number of rotatable bonds is 2. The molecule has 1 aromatic heterocycles. The molecule has 0 spiro atoms. The van der Waals surface area contributed by atoms with Crippen molar-refractivity contribution in [3.63, 3.8) is 0 Å². The number of nitrogens with zero attached hydrogens (tertiary/aromatic N) is 3. The zero-order valence-corrected chi connectivity index (χ0v) is 12.3. The molecule has 108 valence electrons. The van der Waals surface area contributed by atoms with E-state index in [1.54, 1.807) is 13.3 Å². The maximum absolute atomic E-state index is 9.44. The Bertz CT molecular complexity index is 682. The lowest BCUT2D eigenvalue weighted by Crippen LogP contribution is -2.25. The van der Waals surface area contributed by atoms with Crippen LogP contribution in [0, 0.1) is 11.3 Å². The number of pyridine rings is 1. The zero-order valence-electron chi connectivity index (χ0n) is 12.3. The van der Waals surface area contributed by atoms with E-state index in [1.165, 1.54) is 25.7 Å². The lowest BCUT2D eigenvalue weighted by atomic mass is 10.1. The molecule has 0 radical (unpaired) electrons. The van der Waals surface area contributed by atoms with E-state index in [1.807, 2.05) is 18.2 Å². The van der Waals surface area contributed by atoms with Crippen LogP contribution < -0.4 is 9.64 Å². The van der Waals surface area contributed by atoms with E-state index >= 15 is 0 Å². The van der Waals surface area contributed by atoms with Crippen LogP contribution >= 0.6 is 0 Å². The average Bonchev–Trinajstić information content (AvgIpc) is 2.82. The van der Waals surface area contributed by atoms with E-state index < -0.39 is 0 Å². The molecule has 4 heteroatoms. The first kappa shape index (κ1) is 13.7. The number of hydrogen-bond acceptors (Lipinski definition) is 4. The van der Waals surface area contributed by atoms with Crippen molar-refractivity contribution in [1.82, 2.24) is 4.98 Å². The monoisotopic (exact) mass is 281 g/mol. The maximum atomic E-state index is 9.44. The van der Waals surface area contributed by atoms with E-state index in [0.717, 1.165) is 35.4 Å². The Labute approximate surface area is 125 Å². The molecule has 1 aromatic carbocycles. The van der Waals surface area contributed by atoms with Crippen LogP contribution in [0.15, 0.2) is 24.4 Å². The number of benzene rings is 1. The third-order valence-corrected chi connectivity index (χ3v) is 4.09. The largest absolute Gasteiger partial charge is 0.497 e. The van der Waals surface area contributed by atoms with Crippen molar-refractivity contribution < 1.29 is 4.74 Å². The van der Waals surface area contributed by atoms with Gasteiger partial charge in [0.15, 0.2) is 0 Å². The van der Waals surface area contributed by atoms with Gasteiger partial charge in [0.2, 0.25) is 0 Å². The summed E-state index contributed by atoms with van der Waals surface area (Å²) in [5, 5.41) is 10.5. The minimum atomic E-state index is 0.662. The molecule has 1 saturated heterocycles. The number of hydrogen-bond donors (Lipinski definition) is 0. The smallest absolute Gasteiger partial charge is 0.121 e. The maximum Gasteiger partial charge on any atom is 0.121 e. The molecule has 1 fully saturated rings. The van der Waals surface area contributed by atoms with E-state index in [-0.39, 0.29) is 0 Å². The van der Waals surface area contributed by atoms with Crippen LogP contribution in [-0.2, 0) is 0 Å². The molecule has 0 unspecified atom stereocenters. The SMILES string of the molecule is COc1ccc2c(N3CCCCCC3)c(C#N)cnc2c1. The summed E-state index contributed by atoms with van der Waals surface area (Å²) in [7, 11) is 1.65. The summed E-state index contributed by atoms with van der Waals surface area (Å²) in [5.74, 6) is 0.793. The lowest BCUT2D eigenvalue weighted by molar-refractivity contribution is 0.415. The molecular weight excluding hydrogens is 262 g/mol. The van der Waals surface area contributed by atoms with Crippen LogP contribution in [0.2, 0.25) is 0 Å². The van der Waals surface area contributed by atoms with Gasteiger partial charge in [0, 0.05) is 30.7 Å². The summed E-state index contributed by atoms with van der Waals surface area (Å²) in [6.07, 6.45) is 6.60. The minimum absolute atomic E-state index is 0.662. The van der Waals surface area contributed by atoms with Gasteiger partial charge in [-0.1, -0.05) is 12.8 Å².